The monoisotopic (exact) mass is 265 g/mol. The zero-order valence-electron chi connectivity index (χ0n) is 9.30. The highest BCUT2D eigenvalue weighted by atomic mass is 32.1. The number of thiophene rings is 1. The third kappa shape index (κ3) is 2.87. The van der Waals surface area contributed by atoms with E-state index in [4.69, 9.17) is 0 Å². The molecule has 2 aromatic heterocycles. The molecule has 2 heterocycles. The highest BCUT2D eigenvalue weighted by Crippen LogP contribution is 2.31. The largest absolute Gasteiger partial charge is 0.303 e. The molecular weight excluding hydrogens is 254 g/mol. The van der Waals surface area contributed by atoms with Crippen molar-refractivity contribution in [2.24, 2.45) is 0 Å². The van der Waals surface area contributed by atoms with Crippen LogP contribution in [-0.4, -0.2) is 17.1 Å². The first-order chi connectivity index (χ1) is 8.20. The Morgan fingerprint density at radius 2 is 2.29 bits per heavy atom. The van der Waals surface area contributed by atoms with E-state index in [9.17, 15) is 9.59 Å². The maximum absolute atomic E-state index is 11.2. The number of hydrogen-bond donors (Lipinski definition) is 0. The highest BCUT2D eigenvalue weighted by molar-refractivity contribution is 7.22. The highest BCUT2D eigenvalue weighted by Gasteiger charge is 2.09. The number of nitrogens with zero attached hydrogens (tertiary/aromatic N) is 1. The minimum absolute atomic E-state index is 0.0824. The maximum Gasteiger partial charge on any atom is 0.169 e. The lowest BCUT2D eigenvalue weighted by Crippen LogP contribution is -1.85. The van der Waals surface area contributed by atoms with E-state index in [1.807, 2.05) is 17.5 Å². The SMILES string of the molecule is CC(=O)c1ccc(-c2nc(CCC=O)cs2)s1. The summed E-state index contributed by atoms with van der Waals surface area (Å²) >= 11 is 3.01. The summed E-state index contributed by atoms with van der Waals surface area (Å²) in [6, 6.07) is 3.75. The number of carbonyl (C=O) groups excluding carboxylic acids is 2. The van der Waals surface area contributed by atoms with Crippen LogP contribution in [0.5, 0.6) is 0 Å². The fraction of sp³-hybridized carbons (Fsp3) is 0.250. The smallest absolute Gasteiger partial charge is 0.169 e. The Hall–Kier alpha value is -1.33. The van der Waals surface area contributed by atoms with Crippen LogP contribution < -0.4 is 0 Å². The van der Waals surface area contributed by atoms with Gasteiger partial charge in [-0.15, -0.1) is 22.7 Å². The Bertz CT molecular complexity index is 542. The molecule has 88 valence electrons. The molecule has 0 radical (unpaired) electrons. The van der Waals surface area contributed by atoms with Gasteiger partial charge in [0.2, 0.25) is 0 Å². The molecule has 0 aliphatic rings. The molecule has 0 fully saturated rings. The van der Waals surface area contributed by atoms with Crippen molar-refractivity contribution in [2.45, 2.75) is 19.8 Å². The van der Waals surface area contributed by atoms with Crippen LogP contribution in [0.4, 0.5) is 0 Å². The van der Waals surface area contributed by atoms with Crippen molar-refractivity contribution in [3.05, 3.63) is 28.1 Å². The maximum atomic E-state index is 11.2. The van der Waals surface area contributed by atoms with Crippen LogP contribution in [0.2, 0.25) is 0 Å². The van der Waals surface area contributed by atoms with Gasteiger partial charge < -0.3 is 4.79 Å². The number of aryl methyl sites for hydroxylation is 1. The molecule has 2 aromatic rings. The molecule has 0 saturated heterocycles. The van der Waals surface area contributed by atoms with Gasteiger partial charge in [0, 0.05) is 11.8 Å². The molecule has 0 spiro atoms. The van der Waals surface area contributed by atoms with Gasteiger partial charge in [-0.05, 0) is 25.5 Å². The first-order valence-corrected chi connectivity index (χ1v) is 6.89. The van der Waals surface area contributed by atoms with Gasteiger partial charge in [0.25, 0.3) is 0 Å². The number of Topliss-reactive ketones (excluding diaryl/α,β-unsaturated/α-hetero) is 1. The minimum Gasteiger partial charge on any atom is -0.303 e. The standard InChI is InChI=1S/C12H11NO2S2/c1-8(15)10-4-5-11(17-10)12-13-9(7-16-12)3-2-6-14/h4-7H,2-3H2,1H3. The summed E-state index contributed by atoms with van der Waals surface area (Å²) in [5.74, 6) is 0.0824. The van der Waals surface area contributed by atoms with Crippen molar-refractivity contribution in [1.82, 2.24) is 4.98 Å². The quantitative estimate of drug-likeness (QED) is 0.616. The molecule has 0 aliphatic carbocycles. The van der Waals surface area contributed by atoms with E-state index >= 15 is 0 Å². The van der Waals surface area contributed by atoms with E-state index < -0.39 is 0 Å². The van der Waals surface area contributed by atoms with Crippen LogP contribution in [0.15, 0.2) is 17.5 Å². The molecule has 0 N–H and O–H groups in total. The predicted molar refractivity (Wildman–Crippen MR) is 69.8 cm³/mol. The number of thiazole rings is 1. The summed E-state index contributed by atoms with van der Waals surface area (Å²) in [5, 5.41) is 2.88. The first-order valence-electron chi connectivity index (χ1n) is 5.20. The molecular formula is C12H11NO2S2. The van der Waals surface area contributed by atoms with Crippen LogP contribution in [-0.2, 0) is 11.2 Å². The molecule has 0 aliphatic heterocycles. The molecule has 0 aromatic carbocycles. The number of aldehydes is 1. The summed E-state index contributed by atoms with van der Waals surface area (Å²) in [7, 11) is 0. The molecule has 2 rings (SSSR count). The topological polar surface area (TPSA) is 47.0 Å². The van der Waals surface area contributed by atoms with Crippen molar-refractivity contribution >= 4 is 34.7 Å². The molecule has 0 amide bonds. The second-order valence-electron chi connectivity index (χ2n) is 3.57. The minimum atomic E-state index is 0.0824. The number of rotatable bonds is 5. The van der Waals surface area contributed by atoms with Gasteiger partial charge >= 0.3 is 0 Å². The lowest BCUT2D eigenvalue weighted by molar-refractivity contribution is -0.107. The van der Waals surface area contributed by atoms with E-state index in [2.05, 4.69) is 4.98 Å². The third-order valence-corrected chi connectivity index (χ3v) is 4.48. The summed E-state index contributed by atoms with van der Waals surface area (Å²) in [4.78, 5) is 27.7. The zero-order valence-corrected chi connectivity index (χ0v) is 10.9. The lowest BCUT2D eigenvalue weighted by Gasteiger charge is -1.89. The van der Waals surface area contributed by atoms with Gasteiger partial charge in [-0.25, -0.2) is 4.98 Å². The van der Waals surface area contributed by atoms with Crippen LogP contribution in [0.25, 0.3) is 9.88 Å². The second kappa shape index (κ2) is 5.33. The summed E-state index contributed by atoms with van der Waals surface area (Å²) < 4.78 is 0. The molecule has 0 saturated carbocycles. The van der Waals surface area contributed by atoms with Gasteiger partial charge in [-0.3, -0.25) is 4.79 Å². The zero-order chi connectivity index (χ0) is 12.3. The number of aromatic nitrogens is 1. The average molecular weight is 265 g/mol. The van der Waals surface area contributed by atoms with Crippen LogP contribution >= 0.6 is 22.7 Å². The number of hydrogen-bond acceptors (Lipinski definition) is 5. The molecule has 0 unspecified atom stereocenters. The molecule has 0 bridgehead atoms. The summed E-state index contributed by atoms with van der Waals surface area (Å²) in [6.45, 7) is 1.56. The molecule has 3 nitrogen and oxygen atoms in total. The van der Waals surface area contributed by atoms with Gasteiger partial charge in [0.1, 0.15) is 11.3 Å². The van der Waals surface area contributed by atoms with E-state index in [0.717, 1.165) is 26.7 Å². The van der Waals surface area contributed by atoms with Crippen molar-refractivity contribution in [2.75, 3.05) is 0 Å². The fourth-order valence-electron chi connectivity index (χ4n) is 1.38. The predicted octanol–water partition coefficient (Wildman–Crippen LogP) is 3.21. The third-order valence-electron chi connectivity index (χ3n) is 2.23. The van der Waals surface area contributed by atoms with E-state index in [1.165, 1.54) is 11.3 Å². The summed E-state index contributed by atoms with van der Waals surface area (Å²) in [5.41, 5.74) is 0.940. The van der Waals surface area contributed by atoms with Crippen LogP contribution in [0, 0.1) is 0 Å². The summed E-state index contributed by atoms with van der Waals surface area (Å²) in [6.07, 6.45) is 2.09. The van der Waals surface area contributed by atoms with Crippen molar-refractivity contribution in [1.29, 1.82) is 0 Å². The normalized spacial score (nSPS) is 10.4. The van der Waals surface area contributed by atoms with Crippen molar-refractivity contribution < 1.29 is 9.59 Å². The van der Waals surface area contributed by atoms with E-state index in [-0.39, 0.29) is 5.78 Å². The Kier molecular flexibility index (Phi) is 3.81. The molecule has 0 atom stereocenters. The fourth-order valence-corrected chi connectivity index (χ4v) is 3.21. The average Bonchev–Trinajstić information content (AvgIpc) is 2.94. The van der Waals surface area contributed by atoms with Crippen molar-refractivity contribution in [3.8, 4) is 9.88 Å². The second-order valence-corrected chi connectivity index (χ2v) is 5.51. The Labute approximate surface area is 107 Å². The Morgan fingerprint density at radius 1 is 1.47 bits per heavy atom. The Morgan fingerprint density at radius 3 is 2.94 bits per heavy atom. The lowest BCUT2D eigenvalue weighted by atomic mass is 10.3. The van der Waals surface area contributed by atoms with E-state index in [0.29, 0.717) is 12.8 Å². The van der Waals surface area contributed by atoms with Gasteiger partial charge in [-0.2, -0.15) is 0 Å². The molecule has 5 heteroatoms. The number of carbonyl (C=O) groups is 2. The van der Waals surface area contributed by atoms with Crippen LogP contribution in [0.3, 0.4) is 0 Å². The van der Waals surface area contributed by atoms with Crippen molar-refractivity contribution in [3.63, 3.8) is 0 Å². The number of ketones is 1. The van der Waals surface area contributed by atoms with E-state index in [1.54, 1.807) is 18.3 Å². The molecule has 17 heavy (non-hydrogen) atoms. The van der Waals surface area contributed by atoms with Gasteiger partial charge in [-0.1, -0.05) is 0 Å². The Balaban J connectivity index is 2.18. The van der Waals surface area contributed by atoms with Crippen LogP contribution in [0.1, 0.15) is 28.7 Å². The van der Waals surface area contributed by atoms with Gasteiger partial charge in [0.15, 0.2) is 5.78 Å². The first kappa shape index (κ1) is 12.1. The van der Waals surface area contributed by atoms with Gasteiger partial charge in [0.05, 0.1) is 15.4 Å².